The molecule has 174 valence electrons. The fourth-order valence-corrected chi connectivity index (χ4v) is 4.54. The van der Waals surface area contributed by atoms with Crippen molar-refractivity contribution in [2.75, 3.05) is 31.2 Å². The lowest BCUT2D eigenvalue weighted by molar-refractivity contribution is 0.122. The molecule has 5 rings (SSSR count). The van der Waals surface area contributed by atoms with Gasteiger partial charge in [0.1, 0.15) is 18.2 Å². The Balaban J connectivity index is 1.30. The SMILES string of the molecule is Fc1cccc(-n2c(SCc3ccc(OCc4ccccn4)cc3)nnc2N2CCOCC2)c1. The normalized spacial score (nSPS) is 13.7. The van der Waals surface area contributed by atoms with E-state index in [2.05, 4.69) is 20.1 Å². The molecule has 0 aliphatic carbocycles. The van der Waals surface area contributed by atoms with Gasteiger partial charge < -0.3 is 14.4 Å². The van der Waals surface area contributed by atoms with Gasteiger partial charge in [-0.3, -0.25) is 9.55 Å². The molecule has 34 heavy (non-hydrogen) atoms. The Kier molecular flexibility index (Phi) is 7.02. The van der Waals surface area contributed by atoms with Crippen LogP contribution in [0.2, 0.25) is 0 Å². The molecule has 1 aliphatic heterocycles. The highest BCUT2D eigenvalue weighted by Crippen LogP contribution is 2.30. The molecule has 0 bridgehead atoms. The number of halogens is 1. The first-order valence-corrected chi connectivity index (χ1v) is 12.0. The molecule has 2 aromatic heterocycles. The number of hydrogen-bond donors (Lipinski definition) is 0. The highest BCUT2D eigenvalue weighted by Gasteiger charge is 2.22. The molecule has 0 spiro atoms. The minimum Gasteiger partial charge on any atom is -0.487 e. The summed E-state index contributed by atoms with van der Waals surface area (Å²) in [6.07, 6.45) is 1.76. The summed E-state index contributed by atoms with van der Waals surface area (Å²) in [7, 11) is 0. The quantitative estimate of drug-likeness (QED) is 0.346. The van der Waals surface area contributed by atoms with Crippen molar-refractivity contribution in [1.82, 2.24) is 19.7 Å². The van der Waals surface area contributed by atoms with E-state index in [0.717, 1.165) is 30.1 Å². The molecule has 2 aromatic carbocycles. The molecule has 1 aliphatic rings. The highest BCUT2D eigenvalue weighted by atomic mass is 32.2. The lowest BCUT2D eigenvalue weighted by Gasteiger charge is -2.27. The summed E-state index contributed by atoms with van der Waals surface area (Å²) in [4.78, 5) is 6.40. The maximum absolute atomic E-state index is 14.0. The second kappa shape index (κ2) is 10.7. The zero-order valence-corrected chi connectivity index (χ0v) is 19.3. The van der Waals surface area contributed by atoms with E-state index in [1.165, 1.54) is 12.1 Å². The van der Waals surface area contributed by atoms with Crippen molar-refractivity contribution >= 4 is 17.7 Å². The maximum atomic E-state index is 14.0. The number of benzene rings is 2. The van der Waals surface area contributed by atoms with Crippen LogP contribution in [0.5, 0.6) is 5.75 Å². The van der Waals surface area contributed by atoms with Crippen molar-refractivity contribution in [1.29, 1.82) is 0 Å². The number of hydrogen-bond acceptors (Lipinski definition) is 7. The zero-order valence-electron chi connectivity index (χ0n) is 18.5. The van der Waals surface area contributed by atoms with E-state index < -0.39 is 0 Å². The third kappa shape index (κ3) is 5.37. The Hall–Kier alpha value is -3.43. The van der Waals surface area contributed by atoms with Gasteiger partial charge in [-0.05, 0) is 48.0 Å². The molecule has 0 saturated carbocycles. The van der Waals surface area contributed by atoms with Gasteiger partial charge in [0.2, 0.25) is 5.95 Å². The molecule has 9 heteroatoms. The second-order valence-electron chi connectivity index (χ2n) is 7.74. The number of pyridine rings is 1. The lowest BCUT2D eigenvalue weighted by Crippen LogP contribution is -2.37. The van der Waals surface area contributed by atoms with Crippen molar-refractivity contribution < 1.29 is 13.9 Å². The molecule has 0 atom stereocenters. The average Bonchev–Trinajstić information content (AvgIpc) is 3.32. The average molecular weight is 478 g/mol. The number of anilines is 1. The number of thioether (sulfide) groups is 1. The second-order valence-corrected chi connectivity index (χ2v) is 8.68. The van der Waals surface area contributed by atoms with Crippen molar-refractivity contribution in [3.8, 4) is 11.4 Å². The fraction of sp³-hybridized carbons (Fsp3) is 0.240. The van der Waals surface area contributed by atoms with Gasteiger partial charge in [-0.1, -0.05) is 36.0 Å². The summed E-state index contributed by atoms with van der Waals surface area (Å²) in [5.41, 5.74) is 2.71. The number of rotatable bonds is 8. The van der Waals surface area contributed by atoms with Crippen LogP contribution in [-0.2, 0) is 17.1 Å². The summed E-state index contributed by atoms with van der Waals surface area (Å²) < 4.78 is 27.2. The van der Waals surface area contributed by atoms with Crippen LogP contribution in [0, 0.1) is 5.82 Å². The van der Waals surface area contributed by atoms with Crippen molar-refractivity contribution in [2.45, 2.75) is 17.5 Å². The van der Waals surface area contributed by atoms with Crippen LogP contribution in [0.3, 0.4) is 0 Å². The number of aromatic nitrogens is 4. The van der Waals surface area contributed by atoms with Crippen molar-refractivity contribution in [3.63, 3.8) is 0 Å². The van der Waals surface area contributed by atoms with E-state index >= 15 is 0 Å². The van der Waals surface area contributed by atoms with E-state index in [1.807, 2.05) is 53.1 Å². The van der Waals surface area contributed by atoms with Gasteiger partial charge in [0, 0.05) is 25.0 Å². The molecular weight excluding hydrogens is 453 g/mol. The fourth-order valence-electron chi connectivity index (χ4n) is 3.64. The van der Waals surface area contributed by atoms with Gasteiger partial charge >= 0.3 is 0 Å². The van der Waals surface area contributed by atoms with Crippen LogP contribution < -0.4 is 9.64 Å². The molecule has 0 radical (unpaired) electrons. The van der Waals surface area contributed by atoms with Gasteiger partial charge in [-0.2, -0.15) is 0 Å². The Morgan fingerprint density at radius 1 is 0.971 bits per heavy atom. The van der Waals surface area contributed by atoms with Crippen LogP contribution in [-0.4, -0.2) is 46.1 Å². The van der Waals surface area contributed by atoms with Gasteiger partial charge in [0.05, 0.1) is 24.6 Å². The highest BCUT2D eigenvalue weighted by molar-refractivity contribution is 7.98. The standard InChI is InChI=1S/C25H24FN5O2S/c26-20-4-3-6-22(16-20)31-24(30-12-14-32-15-13-30)28-29-25(31)34-18-19-7-9-23(10-8-19)33-17-21-5-1-2-11-27-21/h1-11,16H,12-15,17-18H2. The lowest BCUT2D eigenvalue weighted by atomic mass is 10.2. The zero-order chi connectivity index (χ0) is 23.2. The first kappa shape index (κ1) is 22.4. The minimum atomic E-state index is -0.295. The summed E-state index contributed by atoms with van der Waals surface area (Å²) >= 11 is 1.56. The first-order valence-electron chi connectivity index (χ1n) is 11.0. The molecule has 0 amide bonds. The van der Waals surface area contributed by atoms with E-state index in [9.17, 15) is 4.39 Å². The first-order chi connectivity index (χ1) is 16.8. The van der Waals surface area contributed by atoms with E-state index in [4.69, 9.17) is 9.47 Å². The van der Waals surface area contributed by atoms with E-state index in [0.29, 0.717) is 42.4 Å². The van der Waals surface area contributed by atoms with Gasteiger partial charge in [0.15, 0.2) is 5.16 Å². The third-order valence-corrected chi connectivity index (χ3v) is 6.38. The van der Waals surface area contributed by atoms with Crippen LogP contribution in [0.15, 0.2) is 78.1 Å². The summed E-state index contributed by atoms with van der Waals surface area (Å²) in [6.45, 7) is 3.13. The molecule has 0 N–H and O–H groups in total. The van der Waals surface area contributed by atoms with E-state index in [1.54, 1.807) is 24.0 Å². The topological polar surface area (TPSA) is 65.3 Å². The molecule has 0 unspecified atom stereocenters. The van der Waals surface area contributed by atoms with E-state index in [-0.39, 0.29) is 5.82 Å². The van der Waals surface area contributed by atoms with Crippen LogP contribution in [0.25, 0.3) is 5.69 Å². The van der Waals surface area contributed by atoms with Crippen molar-refractivity contribution in [3.05, 3.63) is 90.0 Å². The number of ether oxygens (including phenoxy) is 2. The third-order valence-electron chi connectivity index (χ3n) is 5.38. The summed E-state index contributed by atoms with van der Waals surface area (Å²) in [5.74, 6) is 1.89. The monoisotopic (exact) mass is 477 g/mol. The Labute approximate surface area is 201 Å². The summed E-state index contributed by atoms with van der Waals surface area (Å²) in [6, 6.07) is 20.3. The predicted octanol–water partition coefficient (Wildman–Crippen LogP) is 4.51. The molecule has 4 aromatic rings. The van der Waals surface area contributed by atoms with Gasteiger partial charge in [-0.15, -0.1) is 10.2 Å². The van der Waals surface area contributed by atoms with Crippen molar-refractivity contribution in [2.24, 2.45) is 0 Å². The van der Waals surface area contributed by atoms with Gasteiger partial charge in [-0.25, -0.2) is 4.39 Å². The van der Waals surface area contributed by atoms with Crippen LogP contribution in [0.4, 0.5) is 10.3 Å². The molecular formula is C25H24FN5O2S. The maximum Gasteiger partial charge on any atom is 0.232 e. The smallest absolute Gasteiger partial charge is 0.232 e. The molecule has 1 saturated heterocycles. The Bertz CT molecular complexity index is 1210. The predicted molar refractivity (Wildman–Crippen MR) is 129 cm³/mol. The van der Waals surface area contributed by atoms with Crippen LogP contribution >= 0.6 is 11.8 Å². The van der Waals surface area contributed by atoms with Crippen LogP contribution in [0.1, 0.15) is 11.3 Å². The Morgan fingerprint density at radius 3 is 2.59 bits per heavy atom. The Morgan fingerprint density at radius 2 is 1.82 bits per heavy atom. The largest absolute Gasteiger partial charge is 0.487 e. The minimum absolute atomic E-state index is 0.295. The summed E-state index contributed by atoms with van der Waals surface area (Å²) in [5, 5.41) is 9.58. The molecule has 7 nitrogen and oxygen atoms in total. The number of morpholine rings is 1. The molecule has 1 fully saturated rings. The number of nitrogens with zero attached hydrogens (tertiary/aromatic N) is 5. The molecule has 3 heterocycles. The van der Waals surface area contributed by atoms with Gasteiger partial charge in [0.25, 0.3) is 0 Å².